The maximum atomic E-state index is 5.95. The van der Waals surface area contributed by atoms with Crippen LogP contribution in [0.3, 0.4) is 0 Å². The molecule has 6 nitrogen and oxygen atoms in total. The molecule has 6 heteroatoms. The van der Waals surface area contributed by atoms with Gasteiger partial charge in [-0.25, -0.2) is 0 Å². The van der Waals surface area contributed by atoms with Crippen LogP contribution in [0.5, 0.6) is 11.5 Å². The Morgan fingerprint density at radius 1 is 0.370 bits per heavy atom. The van der Waals surface area contributed by atoms with Gasteiger partial charge in [-0.2, -0.15) is 0 Å². The number of anilines is 6. The van der Waals surface area contributed by atoms with Crippen molar-refractivity contribution in [2.75, 3.05) is 23.0 Å². The van der Waals surface area contributed by atoms with Crippen molar-refractivity contribution in [3.63, 3.8) is 0 Å². The number of hydrogen-bond acceptors (Lipinski definition) is 6. The van der Waals surface area contributed by atoms with Crippen LogP contribution in [0, 0.1) is 0 Å². The average molecular weight is 721 g/mol. The standard InChI is InChI=1S/C48H52N2O4/c1-7-37-11-19-41(20-12-37)49(45-27-31-47(32-28-45)53-35(5)51-9-3)43-23-15-39(16-24-43)40-17-25-44(26-18-40)50(42-21-13-38(8-2)14-22-42)46-29-33-48(34-30-46)54-36(6)52-10-4/h11-36H,7-10H2,1-6H3. The van der Waals surface area contributed by atoms with Crippen molar-refractivity contribution in [3.8, 4) is 22.6 Å². The molecule has 0 aliphatic rings. The molecule has 0 aromatic heterocycles. The summed E-state index contributed by atoms with van der Waals surface area (Å²) in [6.07, 6.45) is 1.38. The topological polar surface area (TPSA) is 43.4 Å². The van der Waals surface area contributed by atoms with E-state index in [4.69, 9.17) is 18.9 Å². The molecule has 0 spiro atoms. The summed E-state index contributed by atoms with van der Waals surface area (Å²) in [7, 11) is 0. The Labute approximate surface area is 321 Å². The zero-order valence-electron chi connectivity index (χ0n) is 32.4. The number of nitrogens with zero attached hydrogens (tertiary/aromatic N) is 2. The summed E-state index contributed by atoms with van der Waals surface area (Å²) >= 11 is 0. The van der Waals surface area contributed by atoms with Crippen molar-refractivity contribution in [1.29, 1.82) is 0 Å². The van der Waals surface area contributed by atoms with Crippen LogP contribution in [-0.2, 0) is 22.3 Å². The molecule has 0 bridgehead atoms. The first-order chi connectivity index (χ1) is 26.4. The summed E-state index contributed by atoms with van der Waals surface area (Å²) in [6.45, 7) is 13.3. The highest BCUT2D eigenvalue weighted by molar-refractivity contribution is 5.81. The quantitative estimate of drug-likeness (QED) is 0.0874. The van der Waals surface area contributed by atoms with Crippen LogP contribution in [0.25, 0.3) is 11.1 Å². The van der Waals surface area contributed by atoms with Gasteiger partial charge in [0.25, 0.3) is 0 Å². The first-order valence-corrected chi connectivity index (χ1v) is 19.1. The van der Waals surface area contributed by atoms with Gasteiger partial charge in [0, 0.05) is 47.3 Å². The van der Waals surface area contributed by atoms with Crippen molar-refractivity contribution in [1.82, 2.24) is 0 Å². The first-order valence-electron chi connectivity index (χ1n) is 19.1. The van der Waals surface area contributed by atoms with Gasteiger partial charge in [-0.1, -0.05) is 62.4 Å². The summed E-state index contributed by atoms with van der Waals surface area (Å²) in [5, 5.41) is 0. The molecule has 0 saturated carbocycles. The second-order valence-corrected chi connectivity index (χ2v) is 13.1. The molecule has 0 fully saturated rings. The normalized spacial score (nSPS) is 12.2. The Hall–Kier alpha value is -5.56. The molecule has 278 valence electrons. The van der Waals surface area contributed by atoms with Crippen LogP contribution < -0.4 is 19.3 Å². The monoisotopic (exact) mass is 720 g/mol. The van der Waals surface area contributed by atoms with Crippen LogP contribution in [0.1, 0.15) is 52.7 Å². The van der Waals surface area contributed by atoms with E-state index in [0.29, 0.717) is 13.2 Å². The fourth-order valence-electron chi connectivity index (χ4n) is 6.53. The molecule has 0 amide bonds. The highest BCUT2D eigenvalue weighted by atomic mass is 16.7. The van der Waals surface area contributed by atoms with Gasteiger partial charge in [-0.3, -0.25) is 0 Å². The highest BCUT2D eigenvalue weighted by Crippen LogP contribution is 2.39. The number of rotatable bonds is 17. The molecule has 6 aromatic rings. The fraction of sp³-hybridized carbons (Fsp3) is 0.250. The van der Waals surface area contributed by atoms with E-state index in [1.807, 2.05) is 52.0 Å². The Morgan fingerprint density at radius 2 is 0.630 bits per heavy atom. The van der Waals surface area contributed by atoms with Crippen molar-refractivity contribution in [3.05, 3.63) is 157 Å². The van der Waals surface area contributed by atoms with E-state index in [2.05, 4.69) is 145 Å². The lowest BCUT2D eigenvalue weighted by Crippen LogP contribution is -2.16. The van der Waals surface area contributed by atoms with Gasteiger partial charge >= 0.3 is 0 Å². The van der Waals surface area contributed by atoms with Crippen LogP contribution in [-0.4, -0.2) is 25.8 Å². The largest absolute Gasteiger partial charge is 0.465 e. The zero-order valence-corrected chi connectivity index (χ0v) is 32.4. The van der Waals surface area contributed by atoms with Gasteiger partial charge in [0.15, 0.2) is 12.6 Å². The maximum absolute atomic E-state index is 5.95. The van der Waals surface area contributed by atoms with Gasteiger partial charge in [-0.05, 0) is 160 Å². The molecule has 54 heavy (non-hydrogen) atoms. The van der Waals surface area contributed by atoms with Crippen LogP contribution in [0.15, 0.2) is 146 Å². The third-order valence-corrected chi connectivity index (χ3v) is 9.39. The lowest BCUT2D eigenvalue weighted by molar-refractivity contribution is -0.0616. The van der Waals surface area contributed by atoms with Gasteiger partial charge in [0.05, 0.1) is 0 Å². The summed E-state index contributed by atoms with van der Waals surface area (Å²) in [5.74, 6) is 1.55. The predicted molar refractivity (Wildman–Crippen MR) is 223 cm³/mol. The molecule has 2 unspecified atom stereocenters. The third-order valence-electron chi connectivity index (χ3n) is 9.39. The van der Waals surface area contributed by atoms with Gasteiger partial charge in [0.1, 0.15) is 11.5 Å². The predicted octanol–water partition coefficient (Wildman–Crippen LogP) is 12.9. The molecule has 2 atom stereocenters. The smallest absolute Gasteiger partial charge is 0.196 e. The second-order valence-electron chi connectivity index (χ2n) is 13.1. The van der Waals surface area contributed by atoms with Crippen LogP contribution in [0.4, 0.5) is 34.1 Å². The molecule has 0 N–H and O–H groups in total. The van der Waals surface area contributed by atoms with E-state index in [1.165, 1.54) is 11.1 Å². The van der Waals surface area contributed by atoms with Gasteiger partial charge in [-0.15, -0.1) is 0 Å². The SMILES string of the molecule is CCOC(C)Oc1ccc(N(c2ccc(CC)cc2)c2ccc(-c3ccc(N(c4ccc(CC)cc4)c4ccc(OC(C)OCC)cc4)cc3)cc2)cc1. The Kier molecular flexibility index (Phi) is 13.1. The van der Waals surface area contributed by atoms with Gasteiger partial charge < -0.3 is 28.7 Å². The maximum Gasteiger partial charge on any atom is 0.196 e. The van der Waals surface area contributed by atoms with E-state index in [0.717, 1.165) is 69.6 Å². The molecular weight excluding hydrogens is 669 g/mol. The molecule has 0 aliphatic heterocycles. The number of benzene rings is 6. The molecular formula is C48H52N2O4. The van der Waals surface area contributed by atoms with Crippen LogP contribution >= 0.6 is 0 Å². The minimum absolute atomic E-state index is 0.308. The molecule has 6 rings (SSSR count). The summed E-state index contributed by atoms with van der Waals surface area (Å²) in [5.41, 5.74) is 11.3. The van der Waals surface area contributed by atoms with E-state index >= 15 is 0 Å². The fourth-order valence-corrected chi connectivity index (χ4v) is 6.53. The average Bonchev–Trinajstić information content (AvgIpc) is 3.21. The summed E-state index contributed by atoms with van der Waals surface area (Å²) in [6, 6.07) is 51.5. The van der Waals surface area contributed by atoms with Crippen molar-refractivity contribution in [2.24, 2.45) is 0 Å². The molecule has 0 aliphatic carbocycles. The van der Waals surface area contributed by atoms with E-state index in [-0.39, 0.29) is 12.6 Å². The van der Waals surface area contributed by atoms with Crippen LogP contribution in [0.2, 0.25) is 0 Å². The van der Waals surface area contributed by atoms with Crippen molar-refractivity contribution >= 4 is 34.1 Å². The second kappa shape index (κ2) is 18.5. The molecule has 6 aromatic carbocycles. The Morgan fingerprint density at radius 3 is 0.889 bits per heavy atom. The van der Waals surface area contributed by atoms with E-state index in [9.17, 15) is 0 Å². The third kappa shape index (κ3) is 9.51. The zero-order chi connectivity index (χ0) is 37.9. The van der Waals surface area contributed by atoms with Crippen molar-refractivity contribution in [2.45, 2.75) is 67.0 Å². The first kappa shape index (κ1) is 38.2. The minimum atomic E-state index is -0.308. The lowest BCUT2D eigenvalue weighted by Gasteiger charge is -2.27. The molecule has 0 heterocycles. The number of ether oxygens (including phenoxy) is 4. The highest BCUT2D eigenvalue weighted by Gasteiger charge is 2.16. The van der Waals surface area contributed by atoms with Crippen molar-refractivity contribution < 1.29 is 18.9 Å². The summed E-state index contributed by atoms with van der Waals surface area (Å²) in [4.78, 5) is 4.55. The Bertz CT molecular complexity index is 1860. The number of aryl methyl sites for hydroxylation is 2. The lowest BCUT2D eigenvalue weighted by atomic mass is 10.0. The Balaban J connectivity index is 1.27. The van der Waals surface area contributed by atoms with E-state index < -0.39 is 0 Å². The summed E-state index contributed by atoms with van der Waals surface area (Å²) < 4.78 is 23.1. The molecule has 0 saturated heterocycles. The van der Waals surface area contributed by atoms with Gasteiger partial charge in [0.2, 0.25) is 0 Å². The van der Waals surface area contributed by atoms with E-state index in [1.54, 1.807) is 0 Å². The minimum Gasteiger partial charge on any atom is -0.465 e. The molecule has 0 radical (unpaired) electrons. The number of hydrogen-bond donors (Lipinski definition) is 0.